The highest BCUT2D eigenvalue weighted by atomic mass is 19.4. The first-order valence-corrected chi connectivity index (χ1v) is 4.71. The number of hydrogen-bond donors (Lipinski definition) is 1. The number of carbonyl (C=O) groups excluding carboxylic acids is 1. The molecular formula is C8H5F6N2O4+. The van der Waals surface area contributed by atoms with Crippen molar-refractivity contribution in [2.75, 3.05) is 0 Å². The number of esters is 1. The number of alkyl halides is 6. The van der Waals surface area contributed by atoms with Gasteiger partial charge >= 0.3 is 30.3 Å². The first-order valence-electron chi connectivity index (χ1n) is 4.71. The second-order valence-corrected chi connectivity index (χ2v) is 3.58. The van der Waals surface area contributed by atoms with Crippen LogP contribution in [-0.4, -0.2) is 35.3 Å². The zero-order valence-electron chi connectivity index (χ0n) is 9.20. The summed E-state index contributed by atoms with van der Waals surface area (Å²) in [5.41, 5.74) is 0. The van der Waals surface area contributed by atoms with Gasteiger partial charge in [-0.3, -0.25) is 0 Å². The molecule has 0 spiro atoms. The van der Waals surface area contributed by atoms with Gasteiger partial charge in [-0.2, -0.15) is 26.3 Å². The lowest BCUT2D eigenvalue weighted by Crippen LogP contribution is -2.58. The van der Waals surface area contributed by atoms with Gasteiger partial charge in [0, 0.05) is 6.42 Å². The molecule has 112 valence electrons. The lowest BCUT2D eigenvalue weighted by molar-refractivity contribution is -0.439. The van der Waals surface area contributed by atoms with Gasteiger partial charge in [-0.1, -0.05) is 0 Å². The summed E-state index contributed by atoms with van der Waals surface area (Å²) in [6, 6.07) is 0. The van der Waals surface area contributed by atoms with E-state index in [1.165, 1.54) is 0 Å². The van der Waals surface area contributed by atoms with E-state index in [4.69, 9.17) is 10.5 Å². The number of ether oxygens (including phenoxy) is 2. The van der Waals surface area contributed by atoms with Crippen LogP contribution in [0.4, 0.5) is 26.3 Å². The molecule has 1 saturated heterocycles. The third-order valence-electron chi connectivity index (χ3n) is 2.16. The van der Waals surface area contributed by atoms with Gasteiger partial charge in [0.1, 0.15) is 0 Å². The van der Waals surface area contributed by atoms with Crippen LogP contribution in [0.3, 0.4) is 0 Å². The summed E-state index contributed by atoms with van der Waals surface area (Å²) in [5, 5.41) is 17.0. The summed E-state index contributed by atoms with van der Waals surface area (Å²) in [7, 11) is 0. The highest BCUT2D eigenvalue weighted by Gasteiger charge is 2.80. The number of aliphatic hydroxyl groups is 1. The van der Waals surface area contributed by atoms with Gasteiger partial charge in [-0.25, -0.2) is 4.79 Å². The molecule has 1 aliphatic heterocycles. The molecule has 20 heavy (non-hydrogen) atoms. The Morgan fingerprint density at radius 3 is 2.20 bits per heavy atom. The minimum Gasteiger partial charge on any atom is -0.505 e. The predicted molar refractivity (Wildman–Crippen MR) is 46.2 cm³/mol. The molecule has 0 bridgehead atoms. The SMILES string of the molecule is N#[N+]/C=C(/O)C[C@@H]1OC(C(F)(F)F)(C(F)(F)F)OC1=O. The van der Waals surface area contributed by atoms with Gasteiger partial charge < -0.3 is 14.6 Å². The smallest absolute Gasteiger partial charge is 0.465 e. The molecule has 0 aromatic carbocycles. The minimum atomic E-state index is -6.06. The third-order valence-corrected chi connectivity index (χ3v) is 2.16. The van der Waals surface area contributed by atoms with Crippen molar-refractivity contribution >= 4 is 5.97 Å². The summed E-state index contributed by atoms with van der Waals surface area (Å²) in [6.45, 7) is 0. The number of hydrogen-bond acceptors (Lipinski definition) is 5. The molecular weight excluding hydrogens is 302 g/mol. The number of diazo groups is 1. The van der Waals surface area contributed by atoms with E-state index in [0.717, 1.165) is 0 Å². The van der Waals surface area contributed by atoms with Gasteiger partial charge in [0.2, 0.25) is 5.39 Å². The first kappa shape index (κ1) is 16.0. The molecule has 1 N–H and O–H groups in total. The minimum absolute atomic E-state index is 0.303. The van der Waals surface area contributed by atoms with Gasteiger partial charge in [-0.05, 0) is 0 Å². The zero-order chi connectivity index (χ0) is 15.8. The quantitative estimate of drug-likeness (QED) is 0.366. The summed E-state index contributed by atoms with van der Waals surface area (Å²) in [5.74, 6) is -8.02. The Morgan fingerprint density at radius 2 is 1.85 bits per heavy atom. The number of carbonyl (C=O) groups is 1. The monoisotopic (exact) mass is 307 g/mol. The average molecular weight is 307 g/mol. The number of cyclic esters (lactones) is 1. The molecule has 1 aliphatic rings. The highest BCUT2D eigenvalue weighted by molar-refractivity contribution is 5.77. The van der Waals surface area contributed by atoms with Crippen molar-refractivity contribution in [2.45, 2.75) is 30.7 Å². The van der Waals surface area contributed by atoms with Crippen LogP contribution < -0.4 is 0 Å². The molecule has 1 atom stereocenters. The number of nitrogens with zero attached hydrogens (tertiary/aromatic N) is 2. The highest BCUT2D eigenvalue weighted by Crippen LogP contribution is 2.50. The van der Waals surface area contributed by atoms with Gasteiger partial charge in [0.05, 0.1) is 0 Å². The van der Waals surface area contributed by atoms with Crippen molar-refractivity contribution in [3.8, 4) is 0 Å². The predicted octanol–water partition coefficient (Wildman–Crippen LogP) is 2.39. The van der Waals surface area contributed by atoms with Crippen LogP contribution in [0.1, 0.15) is 6.42 Å². The van der Waals surface area contributed by atoms with Crippen LogP contribution in [0.2, 0.25) is 0 Å². The van der Waals surface area contributed by atoms with Crippen LogP contribution >= 0.6 is 0 Å². The fourth-order valence-electron chi connectivity index (χ4n) is 1.32. The Morgan fingerprint density at radius 1 is 1.35 bits per heavy atom. The topological polar surface area (TPSA) is 83.9 Å². The van der Waals surface area contributed by atoms with Crippen LogP contribution in [-0.2, 0) is 14.3 Å². The first-order chi connectivity index (χ1) is 8.94. The van der Waals surface area contributed by atoms with Crippen molar-refractivity contribution in [3.05, 3.63) is 16.9 Å². The molecule has 0 aromatic rings. The summed E-state index contributed by atoms with van der Waals surface area (Å²) >= 11 is 0. The largest absolute Gasteiger partial charge is 0.505 e. The summed E-state index contributed by atoms with van der Waals surface area (Å²) in [4.78, 5) is 13.3. The molecule has 0 saturated carbocycles. The molecule has 1 rings (SSSR count). The van der Waals surface area contributed by atoms with Crippen molar-refractivity contribution < 1.29 is 45.7 Å². The Balaban J connectivity index is 3.09. The van der Waals surface area contributed by atoms with Crippen molar-refractivity contribution in [1.29, 1.82) is 5.39 Å². The van der Waals surface area contributed by atoms with E-state index in [-0.39, 0.29) is 0 Å². The fourth-order valence-corrected chi connectivity index (χ4v) is 1.32. The van der Waals surface area contributed by atoms with Crippen LogP contribution in [0.25, 0.3) is 4.98 Å². The maximum atomic E-state index is 12.5. The molecule has 0 amide bonds. The van der Waals surface area contributed by atoms with Crippen LogP contribution in [0, 0.1) is 5.39 Å². The van der Waals surface area contributed by atoms with Crippen LogP contribution in [0.5, 0.6) is 0 Å². The summed E-state index contributed by atoms with van der Waals surface area (Å²) in [6.07, 6.45) is -15.3. The summed E-state index contributed by atoms with van der Waals surface area (Å²) < 4.78 is 81.9. The number of rotatable bonds is 2. The number of halogens is 6. The maximum absolute atomic E-state index is 12.5. The Kier molecular flexibility index (Phi) is 3.86. The van der Waals surface area contributed by atoms with E-state index in [2.05, 4.69) is 14.4 Å². The second kappa shape index (κ2) is 4.82. The van der Waals surface area contributed by atoms with E-state index >= 15 is 0 Å². The third kappa shape index (κ3) is 2.62. The fraction of sp³-hybridized carbons (Fsp3) is 0.625. The average Bonchev–Trinajstić information content (AvgIpc) is 2.56. The number of aliphatic hydroxyl groups excluding tert-OH is 1. The molecule has 6 nitrogen and oxygen atoms in total. The lowest BCUT2D eigenvalue weighted by Gasteiger charge is -2.30. The molecule has 0 aromatic heterocycles. The Labute approximate surface area is 106 Å². The lowest BCUT2D eigenvalue weighted by atomic mass is 10.2. The molecule has 1 fully saturated rings. The molecule has 0 unspecified atom stereocenters. The molecule has 0 aliphatic carbocycles. The Bertz CT molecular complexity index is 463. The zero-order valence-corrected chi connectivity index (χ0v) is 9.20. The van der Waals surface area contributed by atoms with Gasteiger partial charge in [0.25, 0.3) is 0 Å². The van der Waals surface area contributed by atoms with Gasteiger partial charge in [0.15, 0.2) is 16.8 Å². The standard InChI is InChI=1S/C8H4F6N2O4/c9-7(10,11)6(8(12,13)14)19-4(5(18)20-6)1-3(17)2-16-15/h2,4H,1H2/p+1/b3-2+/t4-/m0/s1. The second-order valence-electron chi connectivity index (χ2n) is 3.58. The van der Waals surface area contributed by atoms with E-state index in [9.17, 15) is 31.1 Å². The van der Waals surface area contributed by atoms with Crippen molar-refractivity contribution in [3.63, 3.8) is 0 Å². The van der Waals surface area contributed by atoms with Gasteiger partial charge in [-0.15, -0.1) is 0 Å². The van der Waals surface area contributed by atoms with Crippen molar-refractivity contribution in [1.82, 2.24) is 0 Å². The molecule has 0 radical (unpaired) electrons. The van der Waals surface area contributed by atoms with E-state index in [1.54, 1.807) is 0 Å². The molecule has 1 heterocycles. The van der Waals surface area contributed by atoms with E-state index in [1.807, 2.05) is 0 Å². The van der Waals surface area contributed by atoms with E-state index in [0.29, 0.717) is 6.20 Å². The maximum Gasteiger partial charge on any atom is 0.465 e. The van der Waals surface area contributed by atoms with E-state index < -0.39 is 42.4 Å². The molecule has 12 heteroatoms. The Hall–Kier alpha value is -2.03. The van der Waals surface area contributed by atoms with Crippen LogP contribution in [0.15, 0.2) is 12.0 Å². The normalized spacial score (nSPS) is 23.4. The van der Waals surface area contributed by atoms with Crippen molar-refractivity contribution in [2.24, 2.45) is 0 Å².